The number of rotatable bonds is 5. The monoisotopic (exact) mass is 349 g/mol. The molecule has 0 spiro atoms. The normalized spacial score (nSPS) is 12.6. The molecular weight excluding hydrogens is 333 g/mol. The first-order valence-electron chi connectivity index (χ1n) is 6.10. The summed E-state index contributed by atoms with van der Waals surface area (Å²) in [4.78, 5) is 33.3. The van der Waals surface area contributed by atoms with Crippen LogP contribution in [0.25, 0.3) is 0 Å². The molecular formula is C14H17Cl2NO5. The zero-order chi connectivity index (χ0) is 16.2. The van der Waals surface area contributed by atoms with Gasteiger partial charge in [0, 0.05) is 13.8 Å². The highest BCUT2D eigenvalue weighted by Gasteiger charge is 2.27. The SMILES string of the molecule is CC(=O)Oc1ccc(CC(C)(N)C(=O)Cl)cc1OC(C)=O.Cl. The van der Waals surface area contributed by atoms with Crippen molar-refractivity contribution in [2.24, 2.45) is 5.73 Å². The lowest BCUT2D eigenvalue weighted by atomic mass is 9.95. The molecule has 0 fully saturated rings. The topological polar surface area (TPSA) is 95.7 Å². The lowest BCUT2D eigenvalue weighted by Gasteiger charge is -2.20. The van der Waals surface area contributed by atoms with Crippen LogP contribution in [0.1, 0.15) is 26.3 Å². The van der Waals surface area contributed by atoms with Gasteiger partial charge in [-0.3, -0.25) is 14.4 Å². The van der Waals surface area contributed by atoms with Gasteiger partial charge in [0.15, 0.2) is 11.5 Å². The summed E-state index contributed by atoms with van der Waals surface area (Å²) in [6, 6.07) is 4.55. The van der Waals surface area contributed by atoms with Crippen LogP contribution in [0.2, 0.25) is 0 Å². The molecule has 0 aliphatic rings. The summed E-state index contributed by atoms with van der Waals surface area (Å²) in [6.07, 6.45) is 0.143. The van der Waals surface area contributed by atoms with Crippen LogP contribution < -0.4 is 15.2 Å². The van der Waals surface area contributed by atoms with Crippen LogP contribution in [-0.2, 0) is 20.8 Å². The van der Waals surface area contributed by atoms with E-state index in [1.54, 1.807) is 6.07 Å². The Morgan fingerprint density at radius 2 is 1.64 bits per heavy atom. The third kappa shape index (κ3) is 6.01. The standard InChI is InChI=1S/C14H16ClNO5.ClH/c1-8(17)20-11-5-4-10(6-12(11)21-9(2)18)7-14(3,16)13(15)19;/h4-6H,7,16H2,1-3H3;1H. The Balaban J connectivity index is 0.00000441. The number of esters is 2. The Morgan fingerprint density at radius 1 is 1.14 bits per heavy atom. The number of carbonyl (C=O) groups is 3. The van der Waals surface area contributed by atoms with Crippen molar-refractivity contribution in [1.29, 1.82) is 0 Å². The Hall–Kier alpha value is -1.63. The van der Waals surface area contributed by atoms with Crippen molar-refractivity contribution in [1.82, 2.24) is 0 Å². The van der Waals surface area contributed by atoms with Crippen molar-refractivity contribution < 1.29 is 23.9 Å². The molecule has 1 aromatic rings. The van der Waals surface area contributed by atoms with Crippen LogP contribution in [0.5, 0.6) is 11.5 Å². The Bertz CT molecular complexity index is 587. The molecule has 0 saturated carbocycles. The van der Waals surface area contributed by atoms with Crippen LogP contribution >= 0.6 is 24.0 Å². The van der Waals surface area contributed by atoms with E-state index in [2.05, 4.69) is 0 Å². The second-order valence-electron chi connectivity index (χ2n) is 4.84. The van der Waals surface area contributed by atoms with Crippen LogP contribution in [-0.4, -0.2) is 22.7 Å². The fourth-order valence-corrected chi connectivity index (χ4v) is 1.70. The lowest BCUT2D eigenvalue weighted by Crippen LogP contribution is -2.44. The number of hydrogen-bond acceptors (Lipinski definition) is 6. The highest BCUT2D eigenvalue weighted by Crippen LogP contribution is 2.30. The third-order valence-electron chi connectivity index (χ3n) is 2.54. The predicted octanol–water partition coefficient (Wildman–Crippen LogP) is 1.98. The number of hydrogen-bond donors (Lipinski definition) is 1. The van der Waals surface area contributed by atoms with Crippen LogP contribution in [0, 0.1) is 0 Å². The van der Waals surface area contributed by atoms with E-state index in [1.165, 1.54) is 32.9 Å². The number of carbonyl (C=O) groups excluding carboxylic acids is 3. The minimum Gasteiger partial charge on any atom is -0.423 e. The molecule has 1 rings (SSSR count). The van der Waals surface area contributed by atoms with Crippen molar-refractivity contribution in [2.45, 2.75) is 32.7 Å². The van der Waals surface area contributed by atoms with Gasteiger partial charge < -0.3 is 15.2 Å². The highest BCUT2D eigenvalue weighted by atomic mass is 35.5. The van der Waals surface area contributed by atoms with Gasteiger partial charge >= 0.3 is 11.9 Å². The van der Waals surface area contributed by atoms with Crippen LogP contribution in [0.4, 0.5) is 0 Å². The molecule has 0 amide bonds. The van der Waals surface area contributed by atoms with E-state index in [4.69, 9.17) is 26.8 Å². The van der Waals surface area contributed by atoms with Gasteiger partial charge in [0.2, 0.25) is 5.24 Å². The largest absolute Gasteiger partial charge is 0.423 e. The predicted molar refractivity (Wildman–Crippen MR) is 83.5 cm³/mol. The van der Waals surface area contributed by atoms with Gasteiger partial charge in [0.05, 0.1) is 5.54 Å². The average molecular weight is 350 g/mol. The highest BCUT2D eigenvalue weighted by molar-refractivity contribution is 6.65. The molecule has 1 atom stereocenters. The van der Waals surface area contributed by atoms with Gasteiger partial charge in [-0.15, -0.1) is 12.4 Å². The summed E-state index contributed by atoms with van der Waals surface area (Å²) in [7, 11) is 0. The fraction of sp³-hybridized carbons (Fsp3) is 0.357. The Kier molecular flexibility index (Phi) is 7.52. The van der Waals surface area contributed by atoms with E-state index < -0.39 is 22.7 Å². The van der Waals surface area contributed by atoms with E-state index >= 15 is 0 Å². The van der Waals surface area contributed by atoms with E-state index in [-0.39, 0.29) is 30.3 Å². The van der Waals surface area contributed by atoms with Gasteiger partial charge in [-0.1, -0.05) is 6.07 Å². The molecule has 0 aromatic heterocycles. The Morgan fingerprint density at radius 3 is 2.09 bits per heavy atom. The molecule has 1 aromatic carbocycles. The van der Waals surface area contributed by atoms with E-state index in [1.807, 2.05) is 0 Å². The molecule has 1 unspecified atom stereocenters. The number of halogens is 2. The molecule has 122 valence electrons. The second-order valence-corrected chi connectivity index (χ2v) is 5.18. The molecule has 0 radical (unpaired) electrons. The van der Waals surface area contributed by atoms with E-state index in [9.17, 15) is 14.4 Å². The summed E-state index contributed by atoms with van der Waals surface area (Å²) in [5.74, 6) is -0.925. The maximum absolute atomic E-state index is 11.2. The number of benzene rings is 1. The van der Waals surface area contributed by atoms with Crippen molar-refractivity contribution in [2.75, 3.05) is 0 Å². The fourth-order valence-electron chi connectivity index (χ4n) is 1.63. The van der Waals surface area contributed by atoms with Gasteiger partial charge in [-0.05, 0) is 42.6 Å². The zero-order valence-electron chi connectivity index (χ0n) is 12.3. The molecule has 0 aliphatic carbocycles. The molecule has 22 heavy (non-hydrogen) atoms. The lowest BCUT2D eigenvalue weighted by molar-refractivity contribution is -0.134. The molecule has 6 nitrogen and oxygen atoms in total. The quantitative estimate of drug-likeness (QED) is 0.496. The summed E-state index contributed by atoms with van der Waals surface area (Å²) in [6.45, 7) is 3.95. The van der Waals surface area contributed by atoms with Gasteiger partial charge in [-0.25, -0.2) is 0 Å². The summed E-state index contributed by atoms with van der Waals surface area (Å²) in [5.41, 5.74) is 5.15. The van der Waals surface area contributed by atoms with Gasteiger partial charge in [0.1, 0.15) is 0 Å². The van der Waals surface area contributed by atoms with Crippen LogP contribution in [0.15, 0.2) is 18.2 Å². The molecule has 0 aliphatic heterocycles. The summed E-state index contributed by atoms with van der Waals surface area (Å²) < 4.78 is 9.93. The first kappa shape index (κ1) is 20.4. The van der Waals surface area contributed by atoms with Crippen LogP contribution in [0.3, 0.4) is 0 Å². The molecule has 0 saturated heterocycles. The zero-order valence-corrected chi connectivity index (χ0v) is 13.9. The first-order chi connectivity index (χ1) is 9.61. The summed E-state index contributed by atoms with van der Waals surface area (Å²) >= 11 is 5.42. The minimum absolute atomic E-state index is 0. The van der Waals surface area contributed by atoms with E-state index in [0.717, 1.165) is 0 Å². The van der Waals surface area contributed by atoms with Crippen molar-refractivity contribution >= 4 is 41.2 Å². The molecule has 0 heterocycles. The summed E-state index contributed by atoms with van der Waals surface area (Å²) in [5, 5.41) is -0.680. The third-order valence-corrected chi connectivity index (χ3v) is 2.97. The Labute approximate surface area is 139 Å². The molecule has 0 bridgehead atoms. The number of ether oxygens (including phenoxy) is 2. The van der Waals surface area contributed by atoms with Crippen molar-refractivity contribution in [3.63, 3.8) is 0 Å². The number of nitrogens with two attached hydrogens (primary N) is 1. The molecule has 2 N–H and O–H groups in total. The minimum atomic E-state index is -1.25. The van der Waals surface area contributed by atoms with Gasteiger partial charge in [0.25, 0.3) is 0 Å². The first-order valence-corrected chi connectivity index (χ1v) is 6.48. The molecule has 8 heteroatoms. The van der Waals surface area contributed by atoms with Gasteiger partial charge in [-0.2, -0.15) is 0 Å². The maximum Gasteiger partial charge on any atom is 0.308 e. The second kappa shape index (κ2) is 8.12. The van der Waals surface area contributed by atoms with Crippen molar-refractivity contribution in [3.05, 3.63) is 23.8 Å². The average Bonchev–Trinajstić information content (AvgIpc) is 2.30. The smallest absolute Gasteiger partial charge is 0.308 e. The van der Waals surface area contributed by atoms with E-state index in [0.29, 0.717) is 5.56 Å². The van der Waals surface area contributed by atoms with Crippen molar-refractivity contribution in [3.8, 4) is 11.5 Å². The maximum atomic E-state index is 11.2.